The second kappa shape index (κ2) is 12.4. The molecular formula is C28H21ClF5N7O3. The van der Waals surface area contributed by atoms with E-state index in [9.17, 15) is 36.6 Å². The van der Waals surface area contributed by atoms with Crippen molar-refractivity contribution < 1.29 is 31.9 Å². The number of hydrogen-bond donors (Lipinski definition) is 2. The number of carbonyl (C=O) groups excluding carboxylic acids is 1. The van der Waals surface area contributed by atoms with Crippen LogP contribution in [0.3, 0.4) is 0 Å². The van der Waals surface area contributed by atoms with Crippen LogP contribution in [-0.2, 0) is 19.6 Å². The largest absolute Gasteiger partial charge is 0.416 e. The maximum atomic E-state index is 14.0. The quantitative estimate of drug-likeness (QED) is 0.236. The first-order valence-electron chi connectivity index (χ1n) is 12.8. The molecule has 5 aromatic rings. The second-order valence-electron chi connectivity index (χ2n) is 9.48. The van der Waals surface area contributed by atoms with Crippen molar-refractivity contribution in [1.29, 1.82) is 0 Å². The lowest BCUT2D eigenvalue weighted by Crippen LogP contribution is -2.37. The first-order chi connectivity index (χ1) is 20.9. The van der Waals surface area contributed by atoms with Crippen molar-refractivity contribution in [1.82, 2.24) is 34.4 Å². The molecule has 5 rings (SSSR count). The molecule has 1 amide bonds. The number of nitrogens with one attached hydrogen (secondary N) is 1. The summed E-state index contributed by atoms with van der Waals surface area (Å²) in [6, 6.07) is 15.0. The molecule has 2 aromatic heterocycles. The van der Waals surface area contributed by atoms with E-state index in [0.29, 0.717) is 9.59 Å². The minimum Gasteiger partial charge on any atom is -0.382 e. The third-order valence-electron chi connectivity index (χ3n) is 6.43. The van der Waals surface area contributed by atoms with Crippen molar-refractivity contribution in [2.45, 2.75) is 31.9 Å². The Balaban J connectivity index is 1.41. The number of alkyl halides is 3. The molecule has 0 radical (unpaired) electrons. The second-order valence-corrected chi connectivity index (χ2v) is 9.92. The summed E-state index contributed by atoms with van der Waals surface area (Å²) >= 11 is 5.91. The van der Waals surface area contributed by atoms with Crippen LogP contribution in [0.15, 0.2) is 77.9 Å². The molecule has 1 atom stereocenters. The molecule has 1 unspecified atom stereocenters. The SMILES string of the molecule is O=C(NCc1cc(F)ccc1F)c1ccccc1-n1cnc(Cn2nc(-c3ccc(Cl)cc3)n(CC(O)C(F)(F)F)c2=O)n1. The predicted molar refractivity (Wildman–Crippen MR) is 147 cm³/mol. The van der Waals surface area contributed by atoms with Gasteiger partial charge in [-0.05, 0) is 54.6 Å². The van der Waals surface area contributed by atoms with E-state index in [1.54, 1.807) is 18.2 Å². The van der Waals surface area contributed by atoms with E-state index in [2.05, 4.69) is 20.5 Å². The van der Waals surface area contributed by atoms with E-state index in [4.69, 9.17) is 11.6 Å². The fourth-order valence-corrected chi connectivity index (χ4v) is 4.36. The lowest BCUT2D eigenvalue weighted by Gasteiger charge is -2.15. The molecular weight excluding hydrogens is 613 g/mol. The van der Waals surface area contributed by atoms with E-state index in [1.807, 2.05) is 0 Å². The number of rotatable bonds is 9. The number of halogens is 6. The number of para-hydroxylation sites is 1. The van der Waals surface area contributed by atoms with Crippen LogP contribution >= 0.6 is 11.6 Å². The number of nitrogens with zero attached hydrogens (tertiary/aromatic N) is 6. The lowest BCUT2D eigenvalue weighted by atomic mass is 10.1. The van der Waals surface area contributed by atoms with Crippen LogP contribution in [0.5, 0.6) is 0 Å². The minimum absolute atomic E-state index is 0.0211. The van der Waals surface area contributed by atoms with E-state index < -0.39 is 42.1 Å². The van der Waals surface area contributed by atoms with Crippen LogP contribution in [0.4, 0.5) is 22.0 Å². The molecule has 16 heteroatoms. The normalized spacial score (nSPS) is 12.3. The first kappa shape index (κ1) is 30.6. The number of aliphatic hydroxyl groups excluding tert-OH is 1. The van der Waals surface area contributed by atoms with Gasteiger partial charge in [-0.2, -0.15) is 13.2 Å². The van der Waals surface area contributed by atoms with Gasteiger partial charge in [0.05, 0.1) is 17.8 Å². The molecule has 228 valence electrons. The van der Waals surface area contributed by atoms with Gasteiger partial charge in [0.15, 0.2) is 17.8 Å². The average Bonchev–Trinajstić information content (AvgIpc) is 3.58. The van der Waals surface area contributed by atoms with Crippen LogP contribution in [0.25, 0.3) is 17.1 Å². The molecule has 0 bridgehead atoms. The molecule has 2 N–H and O–H groups in total. The topological polar surface area (TPSA) is 120 Å². The number of aromatic nitrogens is 6. The van der Waals surface area contributed by atoms with E-state index in [0.717, 1.165) is 22.9 Å². The van der Waals surface area contributed by atoms with Gasteiger partial charge < -0.3 is 10.4 Å². The Morgan fingerprint density at radius 1 is 1.02 bits per heavy atom. The van der Waals surface area contributed by atoms with Gasteiger partial charge in [-0.3, -0.25) is 9.36 Å². The Hall–Kier alpha value is -4.89. The zero-order chi connectivity index (χ0) is 31.6. The van der Waals surface area contributed by atoms with Crippen molar-refractivity contribution in [2.24, 2.45) is 0 Å². The highest BCUT2D eigenvalue weighted by molar-refractivity contribution is 6.30. The van der Waals surface area contributed by atoms with Crippen molar-refractivity contribution >= 4 is 17.5 Å². The zero-order valence-corrected chi connectivity index (χ0v) is 23.1. The third kappa shape index (κ3) is 6.68. The summed E-state index contributed by atoms with van der Waals surface area (Å²) in [6.45, 7) is -1.76. The maximum absolute atomic E-state index is 14.0. The number of aliphatic hydroxyl groups is 1. The average molecular weight is 634 g/mol. The summed E-state index contributed by atoms with van der Waals surface area (Å²) in [7, 11) is 0. The van der Waals surface area contributed by atoms with E-state index in [1.165, 1.54) is 41.3 Å². The Bertz CT molecular complexity index is 1870. The molecule has 2 heterocycles. The zero-order valence-electron chi connectivity index (χ0n) is 22.3. The molecule has 10 nitrogen and oxygen atoms in total. The predicted octanol–water partition coefficient (Wildman–Crippen LogP) is 4.13. The number of benzene rings is 3. The van der Waals surface area contributed by atoms with Crippen LogP contribution in [-0.4, -0.2) is 52.4 Å². The molecule has 44 heavy (non-hydrogen) atoms. The Kier molecular flexibility index (Phi) is 8.60. The summed E-state index contributed by atoms with van der Waals surface area (Å²) in [5.41, 5.74) is -0.357. The Labute approximate surface area is 250 Å². The van der Waals surface area contributed by atoms with Crippen LogP contribution in [0.1, 0.15) is 21.7 Å². The van der Waals surface area contributed by atoms with Crippen LogP contribution < -0.4 is 11.0 Å². The molecule has 0 aliphatic heterocycles. The highest BCUT2D eigenvalue weighted by atomic mass is 35.5. The van der Waals surface area contributed by atoms with Gasteiger partial charge in [0.25, 0.3) is 5.91 Å². The van der Waals surface area contributed by atoms with Gasteiger partial charge >= 0.3 is 11.9 Å². The number of amides is 1. The van der Waals surface area contributed by atoms with Gasteiger partial charge in [0, 0.05) is 22.7 Å². The smallest absolute Gasteiger partial charge is 0.382 e. The summed E-state index contributed by atoms with van der Waals surface area (Å²) in [5.74, 6) is -2.09. The van der Waals surface area contributed by atoms with Gasteiger partial charge in [0.1, 0.15) is 24.5 Å². The Morgan fingerprint density at radius 3 is 2.48 bits per heavy atom. The fraction of sp³-hybridized carbons (Fsp3) is 0.179. The molecule has 0 aliphatic rings. The molecule has 0 fully saturated rings. The van der Waals surface area contributed by atoms with Gasteiger partial charge in [-0.25, -0.2) is 27.9 Å². The van der Waals surface area contributed by atoms with Crippen LogP contribution in [0.2, 0.25) is 5.02 Å². The monoisotopic (exact) mass is 633 g/mol. The molecule has 0 spiro atoms. The maximum Gasteiger partial charge on any atom is 0.416 e. The van der Waals surface area contributed by atoms with Gasteiger partial charge in [0.2, 0.25) is 0 Å². The minimum atomic E-state index is -4.98. The Morgan fingerprint density at radius 2 is 1.75 bits per heavy atom. The third-order valence-corrected chi connectivity index (χ3v) is 6.68. The van der Waals surface area contributed by atoms with Crippen LogP contribution in [0, 0.1) is 11.6 Å². The molecule has 3 aromatic carbocycles. The molecule has 0 aliphatic carbocycles. The number of carbonyl (C=O) groups is 1. The highest BCUT2D eigenvalue weighted by Gasteiger charge is 2.39. The molecule has 0 saturated carbocycles. The first-order valence-corrected chi connectivity index (χ1v) is 13.2. The summed E-state index contributed by atoms with van der Waals surface area (Å²) in [5, 5.41) is 21.0. The van der Waals surface area contributed by atoms with Crippen molar-refractivity contribution in [3.05, 3.63) is 117 Å². The van der Waals surface area contributed by atoms with Crippen molar-refractivity contribution in [2.75, 3.05) is 0 Å². The van der Waals surface area contributed by atoms with Crippen molar-refractivity contribution in [3.63, 3.8) is 0 Å². The summed E-state index contributed by atoms with van der Waals surface area (Å²) in [4.78, 5) is 30.2. The van der Waals surface area contributed by atoms with E-state index >= 15 is 0 Å². The van der Waals surface area contributed by atoms with Gasteiger partial charge in [-0.15, -0.1) is 10.2 Å². The standard InChI is InChI=1S/C28H21ClF5N7O3/c29-18-7-5-16(6-8-18)25-38-40(27(44)39(25)13-23(42)28(32,33)34)14-24-36-15-41(37-24)22-4-2-1-3-20(22)26(43)35-12-17-11-19(30)9-10-21(17)31/h1-11,15,23,42H,12-14H2,(H,35,43). The summed E-state index contributed by atoms with van der Waals surface area (Å²) < 4.78 is 69.7. The van der Waals surface area contributed by atoms with E-state index in [-0.39, 0.29) is 47.1 Å². The molecule has 0 saturated heterocycles. The lowest BCUT2D eigenvalue weighted by molar-refractivity contribution is -0.207. The number of hydrogen-bond acceptors (Lipinski definition) is 6. The fourth-order valence-electron chi connectivity index (χ4n) is 4.23. The summed E-state index contributed by atoms with van der Waals surface area (Å²) in [6.07, 6.45) is -6.56. The highest BCUT2D eigenvalue weighted by Crippen LogP contribution is 2.24. The van der Waals surface area contributed by atoms with Gasteiger partial charge in [-0.1, -0.05) is 23.7 Å². The van der Waals surface area contributed by atoms with Crippen molar-refractivity contribution in [3.8, 4) is 17.1 Å².